The molecule has 4 heterocycles. The van der Waals surface area contributed by atoms with E-state index in [1.165, 1.54) is 10.8 Å². The second-order valence-electron chi connectivity index (χ2n) is 7.92. The highest BCUT2D eigenvalue weighted by Gasteiger charge is 2.38. The largest absolute Gasteiger partial charge is 0.490 e. The van der Waals surface area contributed by atoms with Gasteiger partial charge in [-0.25, -0.2) is 18.6 Å². The van der Waals surface area contributed by atoms with Crippen molar-refractivity contribution in [3.63, 3.8) is 0 Å². The number of amides is 1. The first-order valence-corrected chi connectivity index (χ1v) is 10.1. The molecule has 182 valence electrons. The molecule has 33 heavy (non-hydrogen) atoms. The summed E-state index contributed by atoms with van der Waals surface area (Å²) < 4.78 is 64.4. The Morgan fingerprint density at radius 3 is 2.42 bits per heavy atom. The van der Waals surface area contributed by atoms with E-state index in [0.29, 0.717) is 41.9 Å². The maximum atomic E-state index is 12.8. The molecule has 2 saturated heterocycles. The van der Waals surface area contributed by atoms with Gasteiger partial charge in [-0.05, 0) is 32.0 Å². The third-order valence-electron chi connectivity index (χ3n) is 5.68. The maximum absolute atomic E-state index is 12.8. The second kappa shape index (κ2) is 10.00. The Balaban J connectivity index is 0.000000383. The molecule has 2 bridgehead atoms. The molecule has 2 aromatic rings. The van der Waals surface area contributed by atoms with Crippen molar-refractivity contribution in [2.24, 2.45) is 0 Å². The van der Waals surface area contributed by atoms with E-state index < -0.39 is 25.1 Å². The summed E-state index contributed by atoms with van der Waals surface area (Å²) in [4.78, 5) is 28.2. The summed E-state index contributed by atoms with van der Waals surface area (Å²) in [6, 6.07) is 4.12. The number of likely N-dealkylation sites (N-methyl/N-ethyl adjacent to an activating group) is 1. The smallest absolute Gasteiger partial charge is 0.475 e. The normalized spacial score (nSPS) is 23.2. The minimum atomic E-state index is -5.08. The number of pyridine rings is 1. The average molecular weight is 478 g/mol. The van der Waals surface area contributed by atoms with E-state index in [4.69, 9.17) is 14.6 Å². The summed E-state index contributed by atoms with van der Waals surface area (Å²) in [5, 5.41) is 10.8. The van der Waals surface area contributed by atoms with Gasteiger partial charge < -0.3 is 19.7 Å². The predicted octanol–water partition coefficient (Wildman–Crippen LogP) is 2.53. The number of piperidine rings is 1. The van der Waals surface area contributed by atoms with Crippen molar-refractivity contribution in [2.75, 3.05) is 20.3 Å². The number of carbonyl (C=O) groups excluding carboxylic acids is 1. The number of nitrogens with one attached hydrogen (secondary N) is 1. The van der Waals surface area contributed by atoms with E-state index in [9.17, 15) is 26.7 Å². The summed E-state index contributed by atoms with van der Waals surface area (Å²) in [6.45, 7) is 0.879. The predicted molar refractivity (Wildman–Crippen MR) is 106 cm³/mol. The van der Waals surface area contributed by atoms with Crippen LogP contribution in [0.5, 0.6) is 0 Å². The lowest BCUT2D eigenvalue weighted by molar-refractivity contribution is -0.192. The zero-order valence-electron chi connectivity index (χ0n) is 17.6. The van der Waals surface area contributed by atoms with Crippen molar-refractivity contribution in [2.45, 2.75) is 50.1 Å². The van der Waals surface area contributed by atoms with Crippen molar-refractivity contribution in [1.82, 2.24) is 19.8 Å². The van der Waals surface area contributed by atoms with Gasteiger partial charge in [0.2, 0.25) is 0 Å². The minimum Gasteiger partial charge on any atom is -0.475 e. The van der Waals surface area contributed by atoms with E-state index in [-0.39, 0.29) is 11.9 Å². The van der Waals surface area contributed by atoms with Crippen molar-refractivity contribution < 1.29 is 41.4 Å². The molecule has 4 rings (SSSR count). The number of morpholine rings is 1. The number of carboxylic acid groups (broad SMARTS) is 1. The number of nitrogens with zero attached hydrogens (tertiary/aromatic N) is 3. The van der Waals surface area contributed by atoms with Gasteiger partial charge in [0.25, 0.3) is 12.3 Å². The molecule has 1 amide bonds. The summed E-state index contributed by atoms with van der Waals surface area (Å²) in [7, 11) is 2.10. The number of hydrogen-bond acceptors (Lipinski definition) is 5. The van der Waals surface area contributed by atoms with E-state index in [2.05, 4.69) is 22.2 Å². The number of fused-ring (bicyclic) bond motifs is 3. The molecule has 13 heteroatoms. The number of halogens is 5. The summed E-state index contributed by atoms with van der Waals surface area (Å²) in [6.07, 6.45) is -2.90. The van der Waals surface area contributed by atoms with Gasteiger partial charge >= 0.3 is 12.1 Å². The van der Waals surface area contributed by atoms with Crippen LogP contribution in [0.1, 0.15) is 23.2 Å². The molecule has 0 aliphatic carbocycles. The number of carbonyl (C=O) groups is 2. The molecule has 0 spiro atoms. The molecule has 8 nitrogen and oxygen atoms in total. The topological polar surface area (TPSA) is 96.7 Å². The molecular formula is C20H23F5N4O4. The van der Waals surface area contributed by atoms with Gasteiger partial charge in [-0.1, -0.05) is 0 Å². The van der Waals surface area contributed by atoms with E-state index in [1.54, 1.807) is 18.3 Å². The Kier molecular flexibility index (Phi) is 7.52. The molecule has 3 atom stereocenters. The van der Waals surface area contributed by atoms with Crippen LogP contribution in [0.2, 0.25) is 0 Å². The van der Waals surface area contributed by atoms with E-state index in [1.807, 2.05) is 0 Å². The maximum Gasteiger partial charge on any atom is 0.490 e. The fourth-order valence-corrected chi connectivity index (χ4v) is 4.07. The molecule has 2 aromatic heterocycles. The zero-order chi connectivity index (χ0) is 24.3. The zero-order valence-corrected chi connectivity index (χ0v) is 17.6. The van der Waals surface area contributed by atoms with Gasteiger partial charge in [-0.3, -0.25) is 9.69 Å². The van der Waals surface area contributed by atoms with Crippen molar-refractivity contribution >= 4 is 22.9 Å². The first-order valence-electron chi connectivity index (χ1n) is 10.1. The number of alkyl halides is 5. The Morgan fingerprint density at radius 1 is 1.27 bits per heavy atom. The van der Waals surface area contributed by atoms with Crippen molar-refractivity contribution in [1.29, 1.82) is 0 Å². The van der Waals surface area contributed by atoms with E-state index in [0.717, 1.165) is 12.8 Å². The van der Waals surface area contributed by atoms with Gasteiger partial charge in [0.05, 0.1) is 25.3 Å². The average Bonchev–Trinajstić information content (AvgIpc) is 3.07. The highest BCUT2D eigenvalue weighted by atomic mass is 19.4. The van der Waals surface area contributed by atoms with Gasteiger partial charge in [-0.15, -0.1) is 0 Å². The molecule has 0 radical (unpaired) electrons. The first-order chi connectivity index (χ1) is 15.5. The second-order valence-corrected chi connectivity index (χ2v) is 7.92. The van der Waals surface area contributed by atoms with Crippen LogP contribution >= 0.6 is 0 Å². The highest BCUT2D eigenvalue weighted by molar-refractivity contribution is 6.06. The molecular weight excluding hydrogens is 455 g/mol. The Hall–Kier alpha value is -2.80. The SMILES string of the molecule is CN1[C@@H]2COC[C@H]1C[C@@H](NC(=O)c1cn(CC(F)F)c3ncccc13)C2.O=C(O)C(F)(F)F. The molecule has 0 saturated carbocycles. The molecule has 0 unspecified atom stereocenters. The lowest BCUT2D eigenvalue weighted by atomic mass is 9.90. The fourth-order valence-electron chi connectivity index (χ4n) is 4.07. The summed E-state index contributed by atoms with van der Waals surface area (Å²) in [5.74, 6) is -2.99. The van der Waals surface area contributed by atoms with Crippen LogP contribution in [-0.4, -0.2) is 82.4 Å². The number of aliphatic carboxylic acids is 1. The number of carboxylic acids is 1. The number of aromatic nitrogens is 2. The minimum absolute atomic E-state index is 0.0581. The van der Waals surface area contributed by atoms with E-state index >= 15 is 0 Å². The molecule has 0 aromatic carbocycles. The Bertz CT molecular complexity index is 982. The van der Waals surface area contributed by atoms with Crippen LogP contribution in [-0.2, 0) is 16.1 Å². The van der Waals surface area contributed by atoms with Gasteiger partial charge in [0.1, 0.15) is 5.65 Å². The van der Waals surface area contributed by atoms with Gasteiger partial charge in [0.15, 0.2) is 0 Å². The van der Waals surface area contributed by atoms with Crippen LogP contribution < -0.4 is 5.32 Å². The van der Waals surface area contributed by atoms with Crippen LogP contribution in [0, 0.1) is 0 Å². The van der Waals surface area contributed by atoms with Crippen LogP contribution in [0.25, 0.3) is 11.0 Å². The summed E-state index contributed by atoms with van der Waals surface area (Å²) >= 11 is 0. The van der Waals surface area contributed by atoms with Crippen molar-refractivity contribution in [3.05, 3.63) is 30.1 Å². The monoisotopic (exact) mass is 478 g/mol. The Labute approximate surface area is 185 Å². The Morgan fingerprint density at radius 2 is 1.88 bits per heavy atom. The number of ether oxygens (including phenoxy) is 1. The fraction of sp³-hybridized carbons (Fsp3) is 0.550. The van der Waals surface area contributed by atoms with Crippen molar-refractivity contribution in [3.8, 4) is 0 Å². The third-order valence-corrected chi connectivity index (χ3v) is 5.68. The number of rotatable bonds is 4. The lowest BCUT2D eigenvalue weighted by Crippen LogP contribution is -2.59. The lowest BCUT2D eigenvalue weighted by Gasteiger charge is -2.46. The molecule has 2 aliphatic heterocycles. The third kappa shape index (κ3) is 5.96. The van der Waals surface area contributed by atoms with Gasteiger partial charge in [0, 0.05) is 35.9 Å². The van der Waals surface area contributed by atoms with Crippen LogP contribution in [0.15, 0.2) is 24.5 Å². The highest BCUT2D eigenvalue weighted by Crippen LogP contribution is 2.27. The molecule has 2 aliphatic rings. The number of hydrogen-bond donors (Lipinski definition) is 2. The van der Waals surface area contributed by atoms with Crippen LogP contribution in [0.3, 0.4) is 0 Å². The quantitative estimate of drug-likeness (QED) is 0.656. The first kappa shape index (κ1) is 24.8. The summed E-state index contributed by atoms with van der Waals surface area (Å²) in [5.41, 5.74) is 0.806. The molecule has 2 N–H and O–H groups in total. The molecule has 2 fully saturated rings. The van der Waals surface area contributed by atoms with Crippen LogP contribution in [0.4, 0.5) is 22.0 Å². The van der Waals surface area contributed by atoms with Gasteiger partial charge in [-0.2, -0.15) is 13.2 Å². The standard InChI is InChI=1S/C18H22F2N4O2.C2HF3O2/c1-23-12-5-11(6-13(23)10-26-9-12)22-18(25)15-7-24(8-16(19)20)17-14(15)3-2-4-21-17;3-2(4,5)1(6)7/h2-4,7,11-13,16H,5-6,8-10H2,1H3,(H,22,25);(H,6,7)/t11-,12-,13+;.